The molecule has 0 aromatic heterocycles. The Bertz CT molecular complexity index is 1040. The summed E-state index contributed by atoms with van der Waals surface area (Å²) in [5.41, 5.74) is 2.88. The summed E-state index contributed by atoms with van der Waals surface area (Å²) in [6.45, 7) is 2.06. The van der Waals surface area contributed by atoms with E-state index >= 15 is 0 Å². The van der Waals surface area contributed by atoms with Crippen LogP contribution in [0.1, 0.15) is 16.7 Å². The third kappa shape index (κ3) is 6.59. The number of rotatable bonds is 9. The van der Waals surface area contributed by atoms with Gasteiger partial charge in [-0.1, -0.05) is 66.2 Å². The van der Waals surface area contributed by atoms with E-state index in [1.165, 1.54) is 0 Å². The number of nitrogens with zero attached hydrogens (tertiary/aromatic N) is 1. The fourth-order valence-electron chi connectivity index (χ4n) is 3.44. The van der Waals surface area contributed by atoms with Crippen molar-refractivity contribution >= 4 is 23.4 Å². The van der Waals surface area contributed by atoms with Crippen LogP contribution in [0.15, 0.2) is 78.9 Å². The van der Waals surface area contributed by atoms with Gasteiger partial charge in [-0.15, -0.1) is 0 Å². The number of benzene rings is 3. The second kappa shape index (κ2) is 11.3. The van der Waals surface area contributed by atoms with E-state index in [9.17, 15) is 9.59 Å². The van der Waals surface area contributed by atoms with E-state index < -0.39 is 6.04 Å². The quantitative estimate of drug-likeness (QED) is 0.525. The highest BCUT2D eigenvalue weighted by Crippen LogP contribution is 2.18. The SMILES string of the molecule is CNC(=O)[C@@H](Cc1ccccc1)N(Cc1ccc(Cl)cc1)C(=O)COc1cccc(C)c1. The van der Waals surface area contributed by atoms with Crippen LogP contribution in [0.2, 0.25) is 5.02 Å². The normalized spacial score (nSPS) is 11.5. The molecule has 0 unspecified atom stereocenters. The number of hydrogen-bond donors (Lipinski definition) is 1. The zero-order chi connectivity index (χ0) is 22.9. The van der Waals surface area contributed by atoms with Crippen LogP contribution >= 0.6 is 11.6 Å². The molecule has 3 rings (SSSR count). The molecule has 0 saturated carbocycles. The van der Waals surface area contributed by atoms with E-state index in [0.29, 0.717) is 17.2 Å². The highest BCUT2D eigenvalue weighted by molar-refractivity contribution is 6.30. The van der Waals surface area contributed by atoms with Crippen LogP contribution < -0.4 is 10.1 Å². The van der Waals surface area contributed by atoms with Crippen LogP contribution in [0.25, 0.3) is 0 Å². The largest absolute Gasteiger partial charge is 0.484 e. The number of carbonyl (C=O) groups excluding carboxylic acids is 2. The van der Waals surface area contributed by atoms with Gasteiger partial charge in [-0.25, -0.2) is 0 Å². The van der Waals surface area contributed by atoms with Gasteiger partial charge in [0.15, 0.2) is 6.61 Å². The lowest BCUT2D eigenvalue weighted by molar-refractivity contribution is -0.142. The van der Waals surface area contributed by atoms with Gasteiger partial charge in [0.2, 0.25) is 5.91 Å². The molecule has 1 N–H and O–H groups in total. The Labute approximate surface area is 194 Å². The number of carbonyl (C=O) groups is 2. The Morgan fingerprint density at radius 1 is 0.969 bits per heavy atom. The van der Waals surface area contributed by atoms with Crippen LogP contribution in [0.3, 0.4) is 0 Å². The Morgan fingerprint density at radius 2 is 1.69 bits per heavy atom. The molecule has 5 nitrogen and oxygen atoms in total. The van der Waals surface area contributed by atoms with E-state index in [4.69, 9.17) is 16.3 Å². The Morgan fingerprint density at radius 3 is 2.34 bits per heavy atom. The van der Waals surface area contributed by atoms with Crippen LogP contribution in [0.5, 0.6) is 5.75 Å². The van der Waals surface area contributed by atoms with Crippen LogP contribution in [-0.4, -0.2) is 36.4 Å². The van der Waals surface area contributed by atoms with Gasteiger partial charge in [-0.3, -0.25) is 9.59 Å². The molecule has 0 spiro atoms. The maximum atomic E-state index is 13.3. The van der Waals surface area contributed by atoms with Crippen LogP contribution in [0.4, 0.5) is 0 Å². The van der Waals surface area contributed by atoms with Crippen molar-refractivity contribution < 1.29 is 14.3 Å². The van der Waals surface area contributed by atoms with Crippen LogP contribution in [0, 0.1) is 6.92 Å². The monoisotopic (exact) mass is 450 g/mol. The van der Waals surface area contributed by atoms with E-state index in [0.717, 1.165) is 16.7 Å². The molecule has 3 aromatic rings. The minimum absolute atomic E-state index is 0.167. The lowest BCUT2D eigenvalue weighted by Crippen LogP contribution is -2.51. The van der Waals surface area contributed by atoms with Crippen molar-refractivity contribution in [2.75, 3.05) is 13.7 Å². The lowest BCUT2D eigenvalue weighted by atomic mass is 10.0. The number of aryl methyl sites for hydroxylation is 1. The van der Waals surface area contributed by atoms with Crippen molar-refractivity contribution in [3.8, 4) is 5.75 Å². The lowest BCUT2D eigenvalue weighted by Gasteiger charge is -2.31. The molecule has 0 aliphatic rings. The zero-order valence-electron chi connectivity index (χ0n) is 18.3. The Hall–Kier alpha value is -3.31. The number of likely N-dealkylation sites (N-methyl/N-ethyl adjacent to an activating group) is 1. The Kier molecular flexibility index (Phi) is 8.28. The average molecular weight is 451 g/mol. The molecule has 166 valence electrons. The molecule has 2 amide bonds. The predicted molar refractivity (Wildman–Crippen MR) is 127 cm³/mol. The minimum Gasteiger partial charge on any atom is -0.484 e. The van der Waals surface area contributed by atoms with Crippen LogP contribution in [-0.2, 0) is 22.6 Å². The second-order valence-electron chi connectivity index (χ2n) is 7.57. The predicted octanol–water partition coefficient (Wildman–Crippen LogP) is 4.41. The molecular weight excluding hydrogens is 424 g/mol. The first kappa shape index (κ1) is 23.4. The molecule has 0 heterocycles. The van der Waals surface area contributed by atoms with Gasteiger partial charge in [0, 0.05) is 25.0 Å². The number of amides is 2. The summed E-state index contributed by atoms with van der Waals surface area (Å²) in [5, 5.41) is 3.31. The summed E-state index contributed by atoms with van der Waals surface area (Å²) in [5.74, 6) is 0.113. The number of nitrogens with one attached hydrogen (secondary N) is 1. The van der Waals surface area contributed by atoms with Crippen molar-refractivity contribution in [2.24, 2.45) is 0 Å². The minimum atomic E-state index is -0.688. The van der Waals surface area contributed by atoms with Gasteiger partial charge in [0.25, 0.3) is 5.91 Å². The standard InChI is InChI=1S/C26H27ClN2O3/c1-19-7-6-10-23(15-19)32-18-25(30)29(17-21-11-13-22(27)14-12-21)24(26(31)28-2)16-20-8-4-3-5-9-20/h3-15,24H,16-18H2,1-2H3,(H,28,31)/t24-/m1/s1. The van der Waals surface area contributed by atoms with Crippen molar-refractivity contribution in [1.29, 1.82) is 0 Å². The molecule has 0 fully saturated rings. The molecule has 0 radical (unpaired) electrons. The molecule has 0 saturated heterocycles. The van der Waals surface area contributed by atoms with Crippen molar-refractivity contribution in [2.45, 2.75) is 25.9 Å². The van der Waals surface area contributed by atoms with E-state index in [2.05, 4.69) is 5.32 Å². The number of halogens is 1. The first-order chi connectivity index (χ1) is 15.5. The summed E-state index contributed by atoms with van der Waals surface area (Å²) < 4.78 is 5.76. The molecule has 0 bridgehead atoms. The van der Waals surface area contributed by atoms with Gasteiger partial charge in [0.05, 0.1) is 0 Å². The van der Waals surface area contributed by atoms with Gasteiger partial charge >= 0.3 is 0 Å². The average Bonchev–Trinajstić information content (AvgIpc) is 2.81. The van der Waals surface area contributed by atoms with Crippen molar-refractivity contribution in [3.63, 3.8) is 0 Å². The fraction of sp³-hybridized carbons (Fsp3) is 0.231. The maximum Gasteiger partial charge on any atom is 0.261 e. The van der Waals surface area contributed by atoms with E-state index in [-0.39, 0.29) is 25.0 Å². The molecule has 3 aromatic carbocycles. The molecule has 32 heavy (non-hydrogen) atoms. The highest BCUT2D eigenvalue weighted by Gasteiger charge is 2.30. The van der Waals surface area contributed by atoms with E-state index in [1.54, 1.807) is 24.1 Å². The Balaban J connectivity index is 1.86. The van der Waals surface area contributed by atoms with E-state index in [1.807, 2.05) is 73.7 Å². The molecule has 0 aliphatic heterocycles. The molecule has 1 atom stereocenters. The summed E-state index contributed by atoms with van der Waals surface area (Å²) in [7, 11) is 1.58. The first-order valence-electron chi connectivity index (χ1n) is 10.4. The van der Waals surface area contributed by atoms with Gasteiger partial charge in [0.1, 0.15) is 11.8 Å². The number of hydrogen-bond acceptors (Lipinski definition) is 3. The smallest absolute Gasteiger partial charge is 0.261 e. The fourth-order valence-corrected chi connectivity index (χ4v) is 3.57. The first-order valence-corrected chi connectivity index (χ1v) is 10.8. The maximum absolute atomic E-state index is 13.3. The summed E-state index contributed by atoms with van der Waals surface area (Å²) in [6, 6.07) is 23.7. The third-order valence-electron chi connectivity index (χ3n) is 5.14. The topological polar surface area (TPSA) is 58.6 Å². The molecular formula is C26H27ClN2O3. The summed E-state index contributed by atoms with van der Waals surface area (Å²) >= 11 is 6.02. The van der Waals surface area contributed by atoms with Gasteiger partial charge < -0.3 is 15.0 Å². The van der Waals surface area contributed by atoms with Crippen molar-refractivity contribution in [3.05, 3.63) is 101 Å². The molecule has 0 aliphatic carbocycles. The summed E-state index contributed by atoms with van der Waals surface area (Å²) in [4.78, 5) is 27.8. The summed E-state index contributed by atoms with van der Waals surface area (Å²) in [6.07, 6.45) is 0.393. The second-order valence-corrected chi connectivity index (χ2v) is 8.01. The highest BCUT2D eigenvalue weighted by atomic mass is 35.5. The number of ether oxygens (including phenoxy) is 1. The van der Waals surface area contributed by atoms with Gasteiger partial charge in [-0.2, -0.15) is 0 Å². The molecule has 6 heteroatoms. The third-order valence-corrected chi connectivity index (χ3v) is 5.39. The van der Waals surface area contributed by atoms with Gasteiger partial charge in [-0.05, 0) is 47.9 Å². The van der Waals surface area contributed by atoms with Crippen molar-refractivity contribution in [1.82, 2.24) is 10.2 Å². The zero-order valence-corrected chi connectivity index (χ0v) is 19.0.